The molecular weight excluding hydrogens is 298 g/mol. The minimum absolute atomic E-state index is 0.0867. The van der Waals surface area contributed by atoms with E-state index in [1.807, 2.05) is 26.0 Å². The van der Waals surface area contributed by atoms with Gasteiger partial charge in [0.2, 0.25) is 0 Å². The molecule has 0 radical (unpaired) electrons. The van der Waals surface area contributed by atoms with Gasteiger partial charge in [0.1, 0.15) is 0 Å². The molecule has 0 heterocycles. The van der Waals surface area contributed by atoms with Crippen molar-refractivity contribution in [1.29, 1.82) is 0 Å². The van der Waals surface area contributed by atoms with E-state index < -0.39 is 17.9 Å². The standard InChI is InChI=1S/C17H23NO5/c1-11(2)12-4-6-13(7-5-12)17(23)14(8-15(19)20)9-18(3)10-16(21)22/h4-7,11,14H,8-10H2,1-3H3,(H,19,20)(H,21,22). The van der Waals surface area contributed by atoms with Crippen molar-refractivity contribution in [3.05, 3.63) is 35.4 Å². The summed E-state index contributed by atoms with van der Waals surface area (Å²) in [6.07, 6.45) is -0.325. The Balaban J connectivity index is 2.90. The van der Waals surface area contributed by atoms with Crippen molar-refractivity contribution in [1.82, 2.24) is 4.90 Å². The molecule has 0 saturated carbocycles. The number of hydrogen-bond acceptors (Lipinski definition) is 4. The predicted molar refractivity (Wildman–Crippen MR) is 85.7 cm³/mol. The zero-order valence-electron chi connectivity index (χ0n) is 13.7. The van der Waals surface area contributed by atoms with Crippen LogP contribution in [0.3, 0.4) is 0 Å². The highest BCUT2D eigenvalue weighted by Gasteiger charge is 2.25. The molecule has 6 heteroatoms. The summed E-state index contributed by atoms with van der Waals surface area (Å²) < 4.78 is 0. The monoisotopic (exact) mass is 321 g/mol. The second kappa shape index (κ2) is 8.43. The summed E-state index contributed by atoms with van der Waals surface area (Å²) in [5.74, 6) is -2.81. The zero-order chi connectivity index (χ0) is 17.6. The molecule has 1 atom stereocenters. The molecular formula is C17H23NO5. The predicted octanol–water partition coefficient (Wildman–Crippen LogP) is 2.10. The lowest BCUT2D eigenvalue weighted by Crippen LogP contribution is -2.35. The largest absolute Gasteiger partial charge is 0.481 e. The van der Waals surface area contributed by atoms with Crippen LogP contribution in [0.25, 0.3) is 0 Å². The summed E-state index contributed by atoms with van der Waals surface area (Å²) in [5, 5.41) is 17.8. The van der Waals surface area contributed by atoms with Gasteiger partial charge in [0, 0.05) is 18.0 Å². The highest BCUT2D eigenvalue weighted by Crippen LogP contribution is 2.18. The van der Waals surface area contributed by atoms with Crippen molar-refractivity contribution in [2.75, 3.05) is 20.1 Å². The first-order valence-corrected chi connectivity index (χ1v) is 7.47. The van der Waals surface area contributed by atoms with E-state index in [-0.39, 0.29) is 25.3 Å². The maximum Gasteiger partial charge on any atom is 0.317 e. The van der Waals surface area contributed by atoms with E-state index in [1.165, 1.54) is 4.90 Å². The van der Waals surface area contributed by atoms with Crippen molar-refractivity contribution in [2.24, 2.45) is 5.92 Å². The van der Waals surface area contributed by atoms with E-state index in [0.717, 1.165) is 5.56 Å². The summed E-state index contributed by atoms with van der Waals surface area (Å²) in [5.41, 5.74) is 1.55. The lowest BCUT2D eigenvalue weighted by Gasteiger charge is -2.21. The summed E-state index contributed by atoms with van der Waals surface area (Å²) in [6, 6.07) is 7.11. The van der Waals surface area contributed by atoms with E-state index in [4.69, 9.17) is 10.2 Å². The second-order valence-corrected chi connectivity index (χ2v) is 6.03. The number of nitrogens with zero attached hydrogens (tertiary/aromatic N) is 1. The van der Waals surface area contributed by atoms with Crippen LogP contribution in [-0.4, -0.2) is 53.0 Å². The zero-order valence-corrected chi connectivity index (χ0v) is 13.7. The molecule has 0 aliphatic heterocycles. The maximum atomic E-state index is 12.5. The molecule has 1 aromatic carbocycles. The van der Waals surface area contributed by atoms with E-state index >= 15 is 0 Å². The molecule has 1 unspecified atom stereocenters. The molecule has 0 fully saturated rings. The molecule has 0 aliphatic rings. The molecule has 0 spiro atoms. The Morgan fingerprint density at radius 1 is 1.04 bits per heavy atom. The number of carboxylic acid groups (broad SMARTS) is 2. The molecule has 0 bridgehead atoms. The van der Waals surface area contributed by atoms with Crippen LogP contribution < -0.4 is 0 Å². The van der Waals surface area contributed by atoms with Crippen molar-refractivity contribution in [3.63, 3.8) is 0 Å². The quantitative estimate of drug-likeness (QED) is 0.676. The van der Waals surface area contributed by atoms with Gasteiger partial charge in [-0.05, 0) is 18.5 Å². The average molecular weight is 321 g/mol. The molecule has 0 aliphatic carbocycles. The first-order chi connectivity index (χ1) is 10.7. The highest BCUT2D eigenvalue weighted by atomic mass is 16.4. The number of aliphatic carboxylic acids is 2. The third kappa shape index (κ3) is 6.20. The molecule has 1 aromatic rings. The third-order valence-electron chi connectivity index (χ3n) is 3.59. The van der Waals surface area contributed by atoms with Crippen LogP contribution in [-0.2, 0) is 9.59 Å². The van der Waals surface area contributed by atoms with Gasteiger partial charge in [-0.1, -0.05) is 38.1 Å². The van der Waals surface area contributed by atoms with Crippen LogP contribution in [0.5, 0.6) is 0 Å². The number of carboxylic acids is 2. The van der Waals surface area contributed by atoms with Gasteiger partial charge in [0.05, 0.1) is 13.0 Å². The Kier molecular flexibility index (Phi) is 6.90. The van der Waals surface area contributed by atoms with Crippen molar-refractivity contribution in [2.45, 2.75) is 26.2 Å². The third-order valence-corrected chi connectivity index (χ3v) is 3.59. The lowest BCUT2D eigenvalue weighted by atomic mass is 9.92. The van der Waals surface area contributed by atoms with E-state index in [0.29, 0.717) is 11.5 Å². The Labute approximate surface area is 135 Å². The van der Waals surface area contributed by atoms with Gasteiger partial charge >= 0.3 is 11.9 Å². The first-order valence-electron chi connectivity index (χ1n) is 7.47. The average Bonchev–Trinajstić information content (AvgIpc) is 2.44. The van der Waals surface area contributed by atoms with Gasteiger partial charge in [-0.3, -0.25) is 19.3 Å². The minimum atomic E-state index is -1.08. The number of carbonyl (C=O) groups excluding carboxylic acids is 1. The van der Waals surface area contributed by atoms with Gasteiger partial charge in [-0.25, -0.2) is 0 Å². The molecule has 0 amide bonds. The van der Waals surface area contributed by atoms with Gasteiger partial charge < -0.3 is 10.2 Å². The molecule has 23 heavy (non-hydrogen) atoms. The number of likely N-dealkylation sites (N-methyl/N-ethyl adjacent to an activating group) is 1. The van der Waals surface area contributed by atoms with Gasteiger partial charge in [0.25, 0.3) is 0 Å². The lowest BCUT2D eigenvalue weighted by molar-refractivity contribution is -0.138. The van der Waals surface area contributed by atoms with Crippen molar-refractivity contribution < 1.29 is 24.6 Å². The Morgan fingerprint density at radius 2 is 1.61 bits per heavy atom. The first kappa shape index (κ1) is 18.8. The van der Waals surface area contributed by atoms with Crippen LogP contribution in [0.15, 0.2) is 24.3 Å². The van der Waals surface area contributed by atoms with E-state index in [1.54, 1.807) is 19.2 Å². The highest BCUT2D eigenvalue weighted by molar-refractivity contribution is 5.99. The normalized spacial score (nSPS) is 12.4. The number of rotatable bonds is 9. The molecule has 0 aromatic heterocycles. The van der Waals surface area contributed by atoms with Crippen molar-refractivity contribution in [3.8, 4) is 0 Å². The minimum Gasteiger partial charge on any atom is -0.481 e. The maximum absolute atomic E-state index is 12.5. The molecule has 0 saturated heterocycles. The topological polar surface area (TPSA) is 94.9 Å². The fourth-order valence-corrected chi connectivity index (χ4v) is 2.39. The van der Waals surface area contributed by atoms with Crippen LogP contribution in [0.1, 0.15) is 42.1 Å². The molecule has 1 rings (SSSR count). The van der Waals surface area contributed by atoms with Gasteiger partial charge in [0.15, 0.2) is 5.78 Å². The number of hydrogen-bond donors (Lipinski definition) is 2. The Morgan fingerprint density at radius 3 is 2.04 bits per heavy atom. The molecule has 126 valence electrons. The number of benzene rings is 1. The van der Waals surface area contributed by atoms with Gasteiger partial charge in [-0.15, -0.1) is 0 Å². The van der Waals surface area contributed by atoms with E-state index in [2.05, 4.69) is 0 Å². The summed E-state index contributed by atoms with van der Waals surface area (Å²) in [6.45, 7) is 3.94. The fourth-order valence-electron chi connectivity index (χ4n) is 2.39. The van der Waals surface area contributed by atoms with Gasteiger partial charge in [-0.2, -0.15) is 0 Å². The van der Waals surface area contributed by atoms with E-state index in [9.17, 15) is 14.4 Å². The number of Topliss-reactive ketones (excluding diaryl/α,β-unsaturated/α-hetero) is 1. The van der Waals surface area contributed by atoms with Crippen LogP contribution in [0.4, 0.5) is 0 Å². The number of ketones is 1. The molecule has 2 N–H and O–H groups in total. The summed E-state index contributed by atoms with van der Waals surface area (Å²) in [4.78, 5) is 35.7. The SMILES string of the molecule is CC(C)c1ccc(C(=O)C(CC(=O)O)CN(C)CC(=O)O)cc1. The number of carbonyl (C=O) groups is 3. The molecule has 6 nitrogen and oxygen atoms in total. The summed E-state index contributed by atoms with van der Waals surface area (Å²) >= 11 is 0. The smallest absolute Gasteiger partial charge is 0.317 e. The fraction of sp³-hybridized carbons (Fsp3) is 0.471. The van der Waals surface area contributed by atoms with Crippen molar-refractivity contribution >= 4 is 17.7 Å². The Hall–Kier alpha value is -2.21. The summed E-state index contributed by atoms with van der Waals surface area (Å²) in [7, 11) is 1.55. The van der Waals surface area contributed by atoms with Crippen LogP contribution >= 0.6 is 0 Å². The second-order valence-electron chi connectivity index (χ2n) is 6.03. The Bertz CT molecular complexity index is 565. The van der Waals surface area contributed by atoms with Crippen LogP contribution in [0, 0.1) is 5.92 Å². The van der Waals surface area contributed by atoms with Crippen LogP contribution in [0.2, 0.25) is 0 Å².